The van der Waals surface area contributed by atoms with Gasteiger partial charge < -0.3 is 20.1 Å². The van der Waals surface area contributed by atoms with E-state index >= 15 is 0 Å². The Kier molecular flexibility index (Phi) is 4.59. The van der Waals surface area contributed by atoms with Crippen LogP contribution in [0.4, 0.5) is 17.5 Å². The lowest BCUT2D eigenvalue weighted by molar-refractivity contribution is 0.171. The van der Waals surface area contributed by atoms with E-state index in [-0.39, 0.29) is 0 Å². The van der Waals surface area contributed by atoms with Crippen LogP contribution in [0.25, 0.3) is 0 Å². The van der Waals surface area contributed by atoms with Crippen LogP contribution in [-0.4, -0.2) is 29.2 Å². The van der Waals surface area contributed by atoms with E-state index in [0.717, 1.165) is 28.7 Å². The van der Waals surface area contributed by atoms with E-state index in [1.165, 1.54) is 32.1 Å². The molecule has 0 unspecified atom stereocenters. The first-order chi connectivity index (χ1) is 12.3. The molecule has 1 aromatic heterocycles. The molecule has 1 fully saturated rings. The summed E-state index contributed by atoms with van der Waals surface area (Å²) >= 11 is 0. The third kappa shape index (κ3) is 3.95. The fraction of sp³-hybridized carbons (Fsp3) is 0.474. The quantitative estimate of drug-likeness (QED) is 0.875. The summed E-state index contributed by atoms with van der Waals surface area (Å²) in [6.07, 6.45) is 6.37. The molecular formula is C19H24N4O2. The van der Waals surface area contributed by atoms with Gasteiger partial charge in [-0.05, 0) is 31.9 Å². The smallest absolute Gasteiger partial charge is 0.229 e. The maximum atomic E-state index is 5.63. The Morgan fingerprint density at radius 2 is 1.76 bits per heavy atom. The van der Waals surface area contributed by atoms with Gasteiger partial charge in [0.25, 0.3) is 0 Å². The molecule has 2 N–H and O–H groups in total. The first kappa shape index (κ1) is 16.0. The second kappa shape index (κ2) is 7.17. The van der Waals surface area contributed by atoms with Crippen molar-refractivity contribution in [1.29, 1.82) is 0 Å². The molecule has 0 saturated heterocycles. The predicted molar refractivity (Wildman–Crippen MR) is 98.0 cm³/mol. The van der Waals surface area contributed by atoms with E-state index in [0.29, 0.717) is 25.2 Å². The van der Waals surface area contributed by atoms with Crippen LogP contribution in [-0.2, 0) is 0 Å². The van der Waals surface area contributed by atoms with Crippen LogP contribution in [0.3, 0.4) is 0 Å². The number of anilines is 3. The van der Waals surface area contributed by atoms with Gasteiger partial charge in [-0.3, -0.25) is 0 Å². The fourth-order valence-corrected chi connectivity index (χ4v) is 3.40. The van der Waals surface area contributed by atoms with Gasteiger partial charge in [0.15, 0.2) is 11.5 Å². The average Bonchev–Trinajstić information content (AvgIpc) is 2.62. The zero-order valence-electron chi connectivity index (χ0n) is 14.5. The van der Waals surface area contributed by atoms with Gasteiger partial charge in [-0.1, -0.05) is 19.3 Å². The number of nitrogens with one attached hydrogen (secondary N) is 2. The highest BCUT2D eigenvalue weighted by atomic mass is 16.6. The first-order valence-corrected chi connectivity index (χ1v) is 9.05. The maximum absolute atomic E-state index is 5.63. The number of aromatic nitrogens is 2. The molecule has 0 spiro atoms. The predicted octanol–water partition coefficient (Wildman–Crippen LogP) is 4.04. The standard InChI is InChI=1S/C19H24N4O2/c1-13-11-18(21-14-5-3-2-4-6-14)23-19(20-13)22-15-7-8-16-17(12-15)25-10-9-24-16/h7-8,11-12,14H,2-6,9-10H2,1H3,(H2,20,21,22,23). The number of hydrogen-bond acceptors (Lipinski definition) is 6. The van der Waals surface area contributed by atoms with E-state index in [1.54, 1.807) is 0 Å². The number of ether oxygens (including phenoxy) is 2. The van der Waals surface area contributed by atoms with E-state index in [9.17, 15) is 0 Å². The molecule has 1 saturated carbocycles. The second-order valence-corrected chi connectivity index (χ2v) is 6.68. The molecule has 2 aliphatic rings. The van der Waals surface area contributed by atoms with Crippen molar-refractivity contribution >= 4 is 17.5 Å². The molecule has 4 rings (SSSR count). The highest BCUT2D eigenvalue weighted by Gasteiger charge is 2.15. The average molecular weight is 340 g/mol. The van der Waals surface area contributed by atoms with E-state index in [2.05, 4.69) is 20.6 Å². The molecule has 2 aromatic rings. The fourth-order valence-electron chi connectivity index (χ4n) is 3.40. The summed E-state index contributed by atoms with van der Waals surface area (Å²) in [7, 11) is 0. The van der Waals surface area contributed by atoms with Crippen molar-refractivity contribution in [1.82, 2.24) is 9.97 Å². The van der Waals surface area contributed by atoms with Crippen molar-refractivity contribution < 1.29 is 9.47 Å². The Bertz CT molecular complexity index is 744. The van der Waals surface area contributed by atoms with Crippen molar-refractivity contribution in [3.05, 3.63) is 30.0 Å². The van der Waals surface area contributed by atoms with Gasteiger partial charge >= 0.3 is 0 Å². The minimum absolute atomic E-state index is 0.519. The monoisotopic (exact) mass is 340 g/mol. The molecule has 1 aromatic carbocycles. The number of benzene rings is 1. The van der Waals surface area contributed by atoms with Crippen LogP contribution >= 0.6 is 0 Å². The third-order valence-electron chi connectivity index (χ3n) is 4.61. The van der Waals surface area contributed by atoms with Crippen molar-refractivity contribution in [2.24, 2.45) is 0 Å². The number of nitrogens with zero attached hydrogens (tertiary/aromatic N) is 2. The summed E-state index contributed by atoms with van der Waals surface area (Å²) in [6, 6.07) is 8.31. The second-order valence-electron chi connectivity index (χ2n) is 6.68. The van der Waals surface area contributed by atoms with Crippen LogP contribution in [0, 0.1) is 6.92 Å². The Morgan fingerprint density at radius 3 is 2.60 bits per heavy atom. The van der Waals surface area contributed by atoms with E-state index in [1.807, 2.05) is 31.2 Å². The summed E-state index contributed by atoms with van der Waals surface area (Å²) in [5, 5.41) is 6.84. The van der Waals surface area contributed by atoms with Crippen LogP contribution < -0.4 is 20.1 Å². The largest absolute Gasteiger partial charge is 0.486 e. The minimum Gasteiger partial charge on any atom is -0.486 e. The number of fused-ring (bicyclic) bond motifs is 1. The molecule has 6 heteroatoms. The van der Waals surface area contributed by atoms with Gasteiger partial charge in [0.05, 0.1) is 0 Å². The normalized spacial score (nSPS) is 17.2. The number of hydrogen-bond donors (Lipinski definition) is 2. The van der Waals surface area contributed by atoms with Gasteiger partial charge in [-0.2, -0.15) is 4.98 Å². The number of rotatable bonds is 4. The van der Waals surface area contributed by atoms with Crippen LogP contribution in [0.15, 0.2) is 24.3 Å². The van der Waals surface area contributed by atoms with Crippen molar-refractivity contribution in [3.63, 3.8) is 0 Å². The Labute approximate surface area is 148 Å². The lowest BCUT2D eigenvalue weighted by Gasteiger charge is -2.23. The molecule has 0 atom stereocenters. The Balaban J connectivity index is 1.50. The zero-order valence-corrected chi connectivity index (χ0v) is 14.5. The van der Waals surface area contributed by atoms with Crippen LogP contribution in [0.5, 0.6) is 11.5 Å². The summed E-state index contributed by atoms with van der Waals surface area (Å²) in [5.41, 5.74) is 1.83. The molecule has 1 aliphatic heterocycles. The van der Waals surface area contributed by atoms with Gasteiger partial charge in [0, 0.05) is 29.6 Å². The minimum atomic E-state index is 0.519. The molecule has 132 valence electrons. The van der Waals surface area contributed by atoms with E-state index in [4.69, 9.17) is 9.47 Å². The molecule has 0 radical (unpaired) electrons. The molecule has 25 heavy (non-hydrogen) atoms. The molecule has 6 nitrogen and oxygen atoms in total. The maximum Gasteiger partial charge on any atom is 0.229 e. The summed E-state index contributed by atoms with van der Waals surface area (Å²) in [6.45, 7) is 3.16. The van der Waals surface area contributed by atoms with Gasteiger partial charge in [-0.25, -0.2) is 4.98 Å². The molecule has 0 amide bonds. The van der Waals surface area contributed by atoms with Gasteiger partial charge in [-0.15, -0.1) is 0 Å². The Hall–Kier alpha value is -2.50. The van der Waals surface area contributed by atoms with E-state index < -0.39 is 0 Å². The topological polar surface area (TPSA) is 68.3 Å². The summed E-state index contributed by atoms with van der Waals surface area (Å²) < 4.78 is 11.2. The zero-order chi connectivity index (χ0) is 17.1. The summed E-state index contributed by atoms with van der Waals surface area (Å²) in [5.74, 6) is 3.01. The third-order valence-corrected chi connectivity index (χ3v) is 4.61. The first-order valence-electron chi connectivity index (χ1n) is 9.05. The van der Waals surface area contributed by atoms with Gasteiger partial charge in [0.2, 0.25) is 5.95 Å². The van der Waals surface area contributed by atoms with Crippen molar-refractivity contribution in [2.75, 3.05) is 23.8 Å². The van der Waals surface area contributed by atoms with Gasteiger partial charge in [0.1, 0.15) is 19.0 Å². The SMILES string of the molecule is Cc1cc(NC2CCCCC2)nc(Nc2ccc3c(c2)OCCO3)n1. The summed E-state index contributed by atoms with van der Waals surface area (Å²) in [4.78, 5) is 9.13. The van der Waals surface area contributed by atoms with Crippen LogP contribution in [0.2, 0.25) is 0 Å². The lowest BCUT2D eigenvalue weighted by Crippen LogP contribution is -2.23. The molecule has 2 heterocycles. The highest BCUT2D eigenvalue weighted by molar-refractivity contribution is 5.61. The molecule has 1 aliphatic carbocycles. The lowest BCUT2D eigenvalue weighted by atomic mass is 9.95. The molecular weight excluding hydrogens is 316 g/mol. The van der Waals surface area contributed by atoms with Crippen LogP contribution in [0.1, 0.15) is 37.8 Å². The number of aryl methyl sites for hydroxylation is 1. The Morgan fingerprint density at radius 1 is 0.960 bits per heavy atom. The molecule has 0 bridgehead atoms. The van der Waals surface area contributed by atoms with Crippen molar-refractivity contribution in [3.8, 4) is 11.5 Å². The van der Waals surface area contributed by atoms with Crippen molar-refractivity contribution in [2.45, 2.75) is 45.1 Å². The highest BCUT2D eigenvalue weighted by Crippen LogP contribution is 2.33.